The van der Waals surface area contributed by atoms with Gasteiger partial charge in [0.05, 0.1) is 6.26 Å². The highest BCUT2D eigenvalue weighted by molar-refractivity contribution is 5.73. The van der Waals surface area contributed by atoms with Crippen LogP contribution in [0.3, 0.4) is 0 Å². The lowest BCUT2D eigenvalue weighted by atomic mass is 10.4. The number of hydrogen-bond donors (Lipinski definition) is 1. The van der Waals surface area contributed by atoms with E-state index in [4.69, 9.17) is 19.1 Å². The molecule has 0 aliphatic rings. The van der Waals surface area contributed by atoms with E-state index >= 15 is 0 Å². The molecule has 0 spiro atoms. The van der Waals surface area contributed by atoms with Gasteiger partial charge >= 0.3 is 18.1 Å². The first kappa shape index (κ1) is 16.0. The van der Waals surface area contributed by atoms with E-state index in [9.17, 15) is 18.0 Å². The van der Waals surface area contributed by atoms with E-state index in [0.29, 0.717) is 12.2 Å². The maximum atomic E-state index is 10.6. The van der Waals surface area contributed by atoms with Gasteiger partial charge in [0.15, 0.2) is 0 Å². The van der Waals surface area contributed by atoms with E-state index in [1.165, 1.54) is 0 Å². The van der Waals surface area contributed by atoms with Crippen LogP contribution in [0.4, 0.5) is 13.2 Å². The van der Waals surface area contributed by atoms with Gasteiger partial charge in [-0.3, -0.25) is 4.79 Å². The van der Waals surface area contributed by atoms with Crippen molar-refractivity contribution in [3.63, 3.8) is 0 Å². The summed E-state index contributed by atoms with van der Waals surface area (Å²) >= 11 is 0. The van der Waals surface area contributed by atoms with Crippen LogP contribution in [0.25, 0.3) is 0 Å². The highest BCUT2D eigenvalue weighted by Gasteiger charge is 2.38. The molecule has 0 bridgehead atoms. The zero-order valence-electron chi connectivity index (χ0n) is 9.36. The third-order valence-electron chi connectivity index (χ3n) is 1.49. The summed E-state index contributed by atoms with van der Waals surface area (Å²) < 4.78 is 41.5. The first-order valence-corrected chi connectivity index (χ1v) is 4.75. The van der Waals surface area contributed by atoms with E-state index in [0.717, 1.165) is 0 Å². The van der Waals surface area contributed by atoms with Gasteiger partial charge < -0.3 is 14.3 Å². The van der Waals surface area contributed by atoms with Crippen molar-refractivity contribution in [2.75, 3.05) is 0 Å². The summed E-state index contributed by atoms with van der Waals surface area (Å²) in [6.45, 7) is 1.99. The standard InChI is InChI=1S/C8H10O3.C2HF3O2/c1-2-8(9)11-6-7-4-3-5-10-7;3-2(4,5)1(6)7/h3-5H,2,6H2,1H3;(H,6,7). The van der Waals surface area contributed by atoms with Crippen molar-refractivity contribution in [2.45, 2.75) is 26.1 Å². The molecule has 5 nitrogen and oxygen atoms in total. The van der Waals surface area contributed by atoms with E-state index in [2.05, 4.69) is 0 Å². The number of carboxylic acid groups (broad SMARTS) is 1. The molecule has 8 heteroatoms. The minimum absolute atomic E-state index is 0.207. The van der Waals surface area contributed by atoms with Crippen molar-refractivity contribution >= 4 is 11.9 Å². The third-order valence-corrected chi connectivity index (χ3v) is 1.49. The summed E-state index contributed by atoms with van der Waals surface area (Å²) in [7, 11) is 0. The number of halogens is 3. The van der Waals surface area contributed by atoms with Crippen LogP contribution in [0.1, 0.15) is 19.1 Å². The Morgan fingerprint density at radius 3 is 2.33 bits per heavy atom. The minimum atomic E-state index is -5.08. The maximum absolute atomic E-state index is 10.6. The molecule has 0 radical (unpaired) electrons. The Morgan fingerprint density at radius 1 is 1.44 bits per heavy atom. The van der Waals surface area contributed by atoms with Crippen LogP contribution in [0.5, 0.6) is 0 Å². The first-order valence-electron chi connectivity index (χ1n) is 4.75. The first-order chi connectivity index (χ1) is 8.27. The predicted molar refractivity (Wildman–Crippen MR) is 52.5 cm³/mol. The average molecular weight is 268 g/mol. The molecule has 0 aliphatic heterocycles. The summed E-state index contributed by atoms with van der Waals surface area (Å²) in [5, 5.41) is 7.12. The summed E-state index contributed by atoms with van der Waals surface area (Å²) in [4.78, 5) is 19.5. The van der Waals surface area contributed by atoms with Gasteiger partial charge in [0.25, 0.3) is 0 Å². The van der Waals surface area contributed by atoms with Crippen molar-refractivity contribution < 1.29 is 37.0 Å². The lowest BCUT2D eigenvalue weighted by molar-refractivity contribution is -0.192. The highest BCUT2D eigenvalue weighted by atomic mass is 19.4. The Morgan fingerprint density at radius 2 is 2.00 bits per heavy atom. The number of rotatable bonds is 3. The second kappa shape index (κ2) is 7.36. The summed E-state index contributed by atoms with van der Waals surface area (Å²) in [5.74, 6) is -2.29. The second-order valence-electron chi connectivity index (χ2n) is 2.90. The molecule has 18 heavy (non-hydrogen) atoms. The summed E-state index contributed by atoms with van der Waals surface area (Å²) in [6.07, 6.45) is -3.13. The molecule has 0 amide bonds. The normalized spacial score (nSPS) is 10.2. The Hall–Kier alpha value is -1.99. The molecule has 1 aromatic rings. The number of alkyl halides is 3. The van der Waals surface area contributed by atoms with Crippen LogP contribution in [-0.4, -0.2) is 23.2 Å². The second-order valence-corrected chi connectivity index (χ2v) is 2.90. The molecular formula is C10H11F3O5. The number of aliphatic carboxylic acids is 1. The van der Waals surface area contributed by atoms with E-state index in [-0.39, 0.29) is 12.6 Å². The van der Waals surface area contributed by atoms with Crippen molar-refractivity contribution in [2.24, 2.45) is 0 Å². The number of hydrogen-bond acceptors (Lipinski definition) is 4. The van der Waals surface area contributed by atoms with Crippen LogP contribution in [-0.2, 0) is 20.9 Å². The van der Waals surface area contributed by atoms with E-state index < -0.39 is 12.1 Å². The van der Waals surface area contributed by atoms with Gasteiger partial charge in [0.1, 0.15) is 12.4 Å². The molecule has 0 unspecified atom stereocenters. The van der Waals surface area contributed by atoms with E-state index in [1.807, 2.05) is 0 Å². The van der Waals surface area contributed by atoms with Crippen LogP contribution < -0.4 is 0 Å². The third kappa shape index (κ3) is 7.31. The fraction of sp³-hybridized carbons (Fsp3) is 0.400. The molecule has 1 heterocycles. The fourth-order valence-electron chi connectivity index (χ4n) is 0.648. The molecule has 0 saturated heterocycles. The van der Waals surface area contributed by atoms with Gasteiger partial charge in [-0.15, -0.1) is 0 Å². The molecule has 0 atom stereocenters. The number of ether oxygens (including phenoxy) is 1. The molecule has 0 aromatic carbocycles. The Bertz CT molecular complexity index is 369. The number of esters is 1. The predicted octanol–water partition coefficient (Wildman–Crippen LogP) is 2.37. The SMILES string of the molecule is CCC(=O)OCc1ccco1.O=C(O)C(F)(F)F. The van der Waals surface area contributed by atoms with Gasteiger partial charge in [-0.2, -0.15) is 13.2 Å². The minimum Gasteiger partial charge on any atom is -0.475 e. The molecule has 0 saturated carbocycles. The Kier molecular flexibility index (Phi) is 6.54. The van der Waals surface area contributed by atoms with Gasteiger partial charge in [-0.05, 0) is 12.1 Å². The average Bonchev–Trinajstić information content (AvgIpc) is 2.78. The lowest BCUT2D eigenvalue weighted by Crippen LogP contribution is -2.21. The molecular weight excluding hydrogens is 257 g/mol. The maximum Gasteiger partial charge on any atom is 0.490 e. The zero-order chi connectivity index (χ0) is 14.2. The molecule has 0 aliphatic carbocycles. The van der Waals surface area contributed by atoms with Gasteiger partial charge in [-0.1, -0.05) is 6.92 Å². The number of carboxylic acids is 1. The van der Waals surface area contributed by atoms with Crippen LogP contribution >= 0.6 is 0 Å². The Balaban J connectivity index is 0.000000360. The monoisotopic (exact) mass is 268 g/mol. The highest BCUT2D eigenvalue weighted by Crippen LogP contribution is 2.13. The van der Waals surface area contributed by atoms with Crippen molar-refractivity contribution in [1.29, 1.82) is 0 Å². The number of carbonyl (C=O) groups is 2. The van der Waals surface area contributed by atoms with Crippen LogP contribution in [0.2, 0.25) is 0 Å². The molecule has 0 fully saturated rings. The van der Waals surface area contributed by atoms with Gasteiger partial charge in [0.2, 0.25) is 0 Å². The lowest BCUT2D eigenvalue weighted by Gasteiger charge is -1.98. The topological polar surface area (TPSA) is 76.7 Å². The van der Waals surface area contributed by atoms with Crippen LogP contribution in [0.15, 0.2) is 22.8 Å². The van der Waals surface area contributed by atoms with Crippen LogP contribution in [0, 0.1) is 0 Å². The van der Waals surface area contributed by atoms with Gasteiger partial charge in [-0.25, -0.2) is 4.79 Å². The largest absolute Gasteiger partial charge is 0.490 e. The summed E-state index contributed by atoms with van der Waals surface area (Å²) in [5.41, 5.74) is 0. The van der Waals surface area contributed by atoms with Crippen molar-refractivity contribution in [3.8, 4) is 0 Å². The molecule has 1 rings (SSSR count). The molecule has 102 valence electrons. The quantitative estimate of drug-likeness (QED) is 0.851. The zero-order valence-corrected chi connectivity index (χ0v) is 9.36. The number of furan rings is 1. The Labute approximate surface area is 100 Å². The fourth-order valence-corrected chi connectivity index (χ4v) is 0.648. The summed E-state index contributed by atoms with van der Waals surface area (Å²) in [6, 6.07) is 3.53. The smallest absolute Gasteiger partial charge is 0.475 e. The number of carbonyl (C=O) groups excluding carboxylic acids is 1. The van der Waals surface area contributed by atoms with E-state index in [1.54, 1.807) is 25.3 Å². The molecule has 1 N–H and O–H groups in total. The van der Waals surface area contributed by atoms with Crippen molar-refractivity contribution in [3.05, 3.63) is 24.2 Å². The van der Waals surface area contributed by atoms with Crippen molar-refractivity contribution in [1.82, 2.24) is 0 Å². The van der Waals surface area contributed by atoms with Gasteiger partial charge in [0, 0.05) is 6.42 Å². The molecule has 1 aromatic heterocycles.